The van der Waals surface area contributed by atoms with E-state index in [1.54, 1.807) is 0 Å². The van der Waals surface area contributed by atoms with Crippen molar-refractivity contribution in [3.63, 3.8) is 0 Å². The topological polar surface area (TPSA) is 78.9 Å². The fourth-order valence-electron chi connectivity index (χ4n) is 7.59. The van der Waals surface area contributed by atoms with Gasteiger partial charge in [-0.1, -0.05) is 230 Å². The molecule has 0 heterocycles. The van der Waals surface area contributed by atoms with Crippen molar-refractivity contribution in [1.82, 2.24) is 0 Å². The second kappa shape index (κ2) is 51.0. The molecule has 0 saturated heterocycles. The van der Waals surface area contributed by atoms with Crippen molar-refractivity contribution in [3.8, 4) is 0 Å². The predicted octanol–water partition coefficient (Wildman–Crippen LogP) is 17.5. The zero-order valence-corrected chi connectivity index (χ0v) is 41.1. The number of hydrogen-bond acceptors (Lipinski definition) is 6. The Morgan fingerprint density at radius 1 is 0.355 bits per heavy atom. The average molecular weight is 869 g/mol. The lowest BCUT2D eigenvalue weighted by atomic mass is 10.0. The summed E-state index contributed by atoms with van der Waals surface area (Å²) in [5.74, 6) is -0.886. The number of carbonyl (C=O) groups is 3. The van der Waals surface area contributed by atoms with Gasteiger partial charge in [0, 0.05) is 19.3 Å². The molecule has 0 aromatic carbocycles. The van der Waals surface area contributed by atoms with Crippen molar-refractivity contribution in [2.24, 2.45) is 0 Å². The highest BCUT2D eigenvalue weighted by atomic mass is 16.6. The molecule has 0 radical (unpaired) electrons. The molecule has 1 atom stereocenters. The van der Waals surface area contributed by atoms with Gasteiger partial charge in [0.25, 0.3) is 0 Å². The van der Waals surface area contributed by atoms with Crippen LogP contribution in [0.1, 0.15) is 271 Å². The van der Waals surface area contributed by atoms with E-state index in [0.29, 0.717) is 19.3 Å². The van der Waals surface area contributed by atoms with E-state index in [1.165, 1.54) is 148 Å². The quantitative estimate of drug-likeness (QED) is 0.0199. The summed E-state index contributed by atoms with van der Waals surface area (Å²) in [7, 11) is 0. The molecule has 0 rings (SSSR count). The van der Waals surface area contributed by atoms with Crippen molar-refractivity contribution < 1.29 is 28.6 Å². The van der Waals surface area contributed by atoms with Crippen LogP contribution in [0.3, 0.4) is 0 Å². The molecule has 0 aromatic rings. The van der Waals surface area contributed by atoms with E-state index in [4.69, 9.17) is 14.2 Å². The van der Waals surface area contributed by atoms with Crippen LogP contribution in [0.25, 0.3) is 0 Å². The molecule has 0 aromatic heterocycles. The molecule has 6 heteroatoms. The summed E-state index contributed by atoms with van der Waals surface area (Å²) >= 11 is 0. The van der Waals surface area contributed by atoms with Crippen molar-refractivity contribution in [1.29, 1.82) is 0 Å². The maximum Gasteiger partial charge on any atom is 0.306 e. The molecule has 0 aliphatic carbocycles. The third-order valence-corrected chi connectivity index (χ3v) is 11.6. The van der Waals surface area contributed by atoms with E-state index in [-0.39, 0.29) is 31.1 Å². The molecule has 0 aliphatic heterocycles. The molecule has 0 bridgehead atoms. The van der Waals surface area contributed by atoms with Gasteiger partial charge in [-0.15, -0.1) is 0 Å². The van der Waals surface area contributed by atoms with Gasteiger partial charge in [0.05, 0.1) is 0 Å². The fourth-order valence-corrected chi connectivity index (χ4v) is 7.59. The van der Waals surface area contributed by atoms with Crippen LogP contribution in [-0.4, -0.2) is 37.2 Å². The Morgan fingerprint density at radius 3 is 1.10 bits per heavy atom. The highest BCUT2D eigenvalue weighted by Crippen LogP contribution is 2.16. The van der Waals surface area contributed by atoms with Crippen LogP contribution in [-0.2, 0) is 28.6 Å². The number of rotatable bonds is 48. The Morgan fingerprint density at radius 2 is 0.677 bits per heavy atom. The molecule has 0 saturated carbocycles. The monoisotopic (exact) mass is 869 g/mol. The van der Waals surface area contributed by atoms with Crippen LogP contribution in [0.2, 0.25) is 0 Å². The summed E-state index contributed by atoms with van der Waals surface area (Å²) in [6.45, 7) is 6.50. The van der Waals surface area contributed by atoms with E-state index in [2.05, 4.69) is 69.4 Å². The molecular weight excluding hydrogens is 769 g/mol. The number of hydrogen-bond donors (Lipinski definition) is 0. The number of esters is 3. The van der Waals surface area contributed by atoms with E-state index < -0.39 is 6.10 Å². The second-order valence-corrected chi connectivity index (χ2v) is 17.8. The average Bonchev–Trinajstić information content (AvgIpc) is 3.27. The molecule has 360 valence electrons. The summed E-state index contributed by atoms with van der Waals surface area (Å²) < 4.78 is 16.8. The van der Waals surface area contributed by atoms with Gasteiger partial charge in [0.1, 0.15) is 13.2 Å². The molecule has 0 spiro atoms. The van der Waals surface area contributed by atoms with Crippen molar-refractivity contribution in [2.75, 3.05) is 13.2 Å². The Kier molecular flexibility index (Phi) is 48.8. The molecule has 62 heavy (non-hydrogen) atoms. The number of unbranched alkanes of at least 4 members (excludes halogenated alkanes) is 30. The molecular formula is C56H100O6. The lowest BCUT2D eigenvalue weighted by Crippen LogP contribution is -2.30. The fraction of sp³-hybridized carbons (Fsp3) is 0.804. The zero-order valence-electron chi connectivity index (χ0n) is 41.1. The zero-order chi connectivity index (χ0) is 45.1. The SMILES string of the molecule is CC/C=C\C/C=C\CCCCCCCC(=O)OCC(COC(=O)CCCCCCCCCCCC/C=C\C=C/CCCCC)OC(=O)CCCCCCCCCCCCCCC. The van der Waals surface area contributed by atoms with Crippen LogP contribution in [0.15, 0.2) is 48.6 Å². The van der Waals surface area contributed by atoms with Gasteiger partial charge in [0.2, 0.25) is 0 Å². The second-order valence-electron chi connectivity index (χ2n) is 17.8. The minimum absolute atomic E-state index is 0.0771. The molecule has 0 fully saturated rings. The highest BCUT2D eigenvalue weighted by molar-refractivity contribution is 5.71. The Hall–Kier alpha value is -2.63. The summed E-state index contributed by atoms with van der Waals surface area (Å²) in [6, 6.07) is 0. The number of carbonyl (C=O) groups excluding carboxylic acids is 3. The van der Waals surface area contributed by atoms with Crippen LogP contribution < -0.4 is 0 Å². The van der Waals surface area contributed by atoms with Gasteiger partial charge >= 0.3 is 17.9 Å². The van der Waals surface area contributed by atoms with Gasteiger partial charge in [-0.05, 0) is 70.6 Å². The lowest BCUT2D eigenvalue weighted by molar-refractivity contribution is -0.167. The molecule has 1 unspecified atom stereocenters. The summed E-state index contributed by atoms with van der Waals surface area (Å²) in [5, 5.41) is 0. The first kappa shape index (κ1) is 59.4. The van der Waals surface area contributed by atoms with E-state index >= 15 is 0 Å². The van der Waals surface area contributed by atoms with Crippen LogP contribution in [0.4, 0.5) is 0 Å². The summed E-state index contributed by atoms with van der Waals surface area (Å²) in [6.07, 6.45) is 60.9. The number of ether oxygens (including phenoxy) is 3. The first-order valence-corrected chi connectivity index (χ1v) is 26.7. The molecule has 0 N–H and O–H groups in total. The first-order valence-electron chi connectivity index (χ1n) is 26.7. The minimum Gasteiger partial charge on any atom is -0.462 e. The highest BCUT2D eigenvalue weighted by Gasteiger charge is 2.19. The van der Waals surface area contributed by atoms with Crippen molar-refractivity contribution in [2.45, 2.75) is 277 Å². The largest absolute Gasteiger partial charge is 0.462 e. The Labute approximate surface area is 384 Å². The molecule has 0 amide bonds. The maximum absolute atomic E-state index is 12.8. The van der Waals surface area contributed by atoms with Crippen LogP contribution in [0.5, 0.6) is 0 Å². The molecule has 6 nitrogen and oxygen atoms in total. The first-order chi connectivity index (χ1) is 30.5. The van der Waals surface area contributed by atoms with Crippen molar-refractivity contribution >= 4 is 17.9 Å². The third kappa shape index (κ3) is 48.4. The van der Waals surface area contributed by atoms with E-state index in [1.807, 2.05) is 0 Å². The normalized spacial score (nSPS) is 12.4. The Balaban J connectivity index is 4.32. The predicted molar refractivity (Wildman–Crippen MR) is 265 cm³/mol. The van der Waals surface area contributed by atoms with E-state index in [9.17, 15) is 14.4 Å². The third-order valence-electron chi connectivity index (χ3n) is 11.6. The van der Waals surface area contributed by atoms with Gasteiger partial charge in [0.15, 0.2) is 6.10 Å². The van der Waals surface area contributed by atoms with Gasteiger partial charge in [-0.2, -0.15) is 0 Å². The van der Waals surface area contributed by atoms with Gasteiger partial charge in [-0.25, -0.2) is 0 Å². The number of allylic oxidation sites excluding steroid dienone is 8. The van der Waals surface area contributed by atoms with Crippen LogP contribution in [0, 0.1) is 0 Å². The minimum atomic E-state index is -0.776. The van der Waals surface area contributed by atoms with Crippen molar-refractivity contribution in [3.05, 3.63) is 48.6 Å². The van der Waals surface area contributed by atoms with Gasteiger partial charge in [-0.3, -0.25) is 14.4 Å². The maximum atomic E-state index is 12.8. The smallest absolute Gasteiger partial charge is 0.306 e. The standard InChI is InChI=1S/C56H100O6/c1-4-7-10-13-16-19-22-25-26-27-28-29-30-32-34-37-40-43-46-49-55(58)61-52-53(51-60-54(57)48-45-42-39-36-33-24-21-18-15-12-9-6-3)62-56(59)50-47-44-41-38-35-31-23-20-17-14-11-8-5-2/h9,12,16,18-19,21-22,25,53H,4-8,10-11,13-15,17,20,23-24,26-52H2,1-3H3/b12-9-,19-16-,21-18-,25-22-. The molecule has 0 aliphatic rings. The van der Waals surface area contributed by atoms with E-state index in [0.717, 1.165) is 83.5 Å². The summed E-state index contributed by atoms with van der Waals surface area (Å²) in [5.41, 5.74) is 0. The van der Waals surface area contributed by atoms with Gasteiger partial charge < -0.3 is 14.2 Å². The summed E-state index contributed by atoms with van der Waals surface area (Å²) in [4.78, 5) is 38.0. The van der Waals surface area contributed by atoms with Crippen LogP contribution >= 0.6 is 0 Å². The Bertz CT molecular complexity index is 1090. The lowest BCUT2D eigenvalue weighted by Gasteiger charge is -2.18.